The second-order valence-corrected chi connectivity index (χ2v) is 8.73. The lowest BCUT2D eigenvalue weighted by Crippen LogP contribution is -2.29. The molecule has 1 aliphatic rings. The van der Waals surface area contributed by atoms with Gasteiger partial charge in [-0.2, -0.15) is 0 Å². The summed E-state index contributed by atoms with van der Waals surface area (Å²) in [5.74, 6) is 0.847. The van der Waals surface area contributed by atoms with E-state index in [1.807, 2.05) is 68.6 Å². The average Bonchev–Trinajstić information content (AvgIpc) is 3.45. The van der Waals surface area contributed by atoms with Gasteiger partial charge in [-0.1, -0.05) is 24.3 Å². The minimum atomic E-state index is -0.0723. The van der Waals surface area contributed by atoms with Gasteiger partial charge in [-0.25, -0.2) is 0 Å². The summed E-state index contributed by atoms with van der Waals surface area (Å²) in [5.41, 5.74) is 4.25. The molecule has 0 spiro atoms. The Bertz CT molecular complexity index is 1220. The Balaban J connectivity index is 1.55. The number of ether oxygens (including phenoxy) is 1. The Labute approximate surface area is 199 Å². The number of pyridine rings is 1. The topological polar surface area (TPSA) is 42.3 Å². The lowest BCUT2D eigenvalue weighted by atomic mass is 9.98. The molecule has 0 bridgehead atoms. The van der Waals surface area contributed by atoms with Crippen molar-refractivity contribution in [1.29, 1.82) is 0 Å². The van der Waals surface area contributed by atoms with Crippen molar-refractivity contribution >= 4 is 23.0 Å². The molecule has 1 aliphatic heterocycles. The molecule has 1 N–H and O–H groups in total. The predicted molar refractivity (Wildman–Crippen MR) is 136 cm³/mol. The molecule has 0 saturated carbocycles. The summed E-state index contributed by atoms with van der Waals surface area (Å²) in [4.78, 5) is 6.81. The van der Waals surface area contributed by atoms with Gasteiger partial charge in [-0.15, -0.1) is 0 Å². The lowest BCUT2D eigenvalue weighted by Gasteiger charge is -2.27. The maximum atomic E-state index is 5.83. The first-order valence-corrected chi connectivity index (χ1v) is 11.5. The number of aromatic nitrogens is 2. The second-order valence-electron chi connectivity index (χ2n) is 8.34. The van der Waals surface area contributed by atoms with Crippen LogP contribution in [-0.2, 0) is 0 Å². The van der Waals surface area contributed by atoms with Crippen LogP contribution in [0.2, 0.25) is 0 Å². The smallest absolute Gasteiger partial charge is 0.174 e. The molecule has 5 rings (SSSR count). The Hall–Kier alpha value is -3.64. The zero-order chi connectivity index (χ0) is 22.8. The summed E-state index contributed by atoms with van der Waals surface area (Å²) in [7, 11) is 0. The molecule has 33 heavy (non-hydrogen) atoms. The first-order chi connectivity index (χ1) is 16.1. The van der Waals surface area contributed by atoms with E-state index in [4.69, 9.17) is 17.0 Å². The van der Waals surface area contributed by atoms with Gasteiger partial charge in [0.15, 0.2) is 5.11 Å². The van der Waals surface area contributed by atoms with Gasteiger partial charge in [0.1, 0.15) is 5.75 Å². The molecule has 2 atom stereocenters. The van der Waals surface area contributed by atoms with Gasteiger partial charge in [0, 0.05) is 30.0 Å². The van der Waals surface area contributed by atoms with Gasteiger partial charge in [-0.05, 0) is 86.2 Å². The van der Waals surface area contributed by atoms with E-state index in [-0.39, 0.29) is 18.2 Å². The highest BCUT2D eigenvalue weighted by Gasteiger charge is 2.41. The summed E-state index contributed by atoms with van der Waals surface area (Å²) in [6, 6.07) is 26.5. The van der Waals surface area contributed by atoms with E-state index < -0.39 is 0 Å². The third-order valence-electron chi connectivity index (χ3n) is 5.70. The normalized spacial score (nSPS) is 17.9. The summed E-state index contributed by atoms with van der Waals surface area (Å²) >= 11 is 5.83. The van der Waals surface area contributed by atoms with E-state index in [9.17, 15) is 0 Å². The molecule has 5 nitrogen and oxygen atoms in total. The zero-order valence-corrected chi connectivity index (χ0v) is 19.4. The molecule has 166 valence electrons. The summed E-state index contributed by atoms with van der Waals surface area (Å²) < 4.78 is 7.98. The second kappa shape index (κ2) is 9.08. The van der Waals surface area contributed by atoms with E-state index in [2.05, 4.69) is 62.5 Å². The van der Waals surface area contributed by atoms with Crippen LogP contribution in [0.25, 0.3) is 5.69 Å². The number of thiocarbonyl (C=S) groups is 1. The van der Waals surface area contributed by atoms with E-state index in [1.165, 1.54) is 0 Å². The molecular formula is C27H26N4OS. The number of anilines is 1. The summed E-state index contributed by atoms with van der Waals surface area (Å²) in [6.45, 7) is 4.05. The lowest BCUT2D eigenvalue weighted by molar-refractivity contribution is 0.242. The van der Waals surface area contributed by atoms with E-state index in [1.54, 1.807) is 0 Å². The van der Waals surface area contributed by atoms with Crippen LogP contribution in [0.1, 0.15) is 37.2 Å². The molecule has 0 aliphatic carbocycles. The Morgan fingerprint density at radius 3 is 2.36 bits per heavy atom. The highest BCUT2D eigenvalue weighted by molar-refractivity contribution is 7.80. The highest BCUT2D eigenvalue weighted by Crippen LogP contribution is 2.42. The van der Waals surface area contributed by atoms with Crippen molar-refractivity contribution in [2.24, 2.45) is 0 Å². The number of para-hydroxylation sites is 1. The quantitative estimate of drug-likeness (QED) is 0.371. The molecule has 6 heteroatoms. The van der Waals surface area contributed by atoms with Gasteiger partial charge in [0.2, 0.25) is 0 Å². The number of nitrogens with one attached hydrogen (secondary N) is 1. The predicted octanol–water partition coefficient (Wildman–Crippen LogP) is 5.84. The number of nitrogens with zero attached hydrogens (tertiary/aromatic N) is 3. The number of hydrogen-bond donors (Lipinski definition) is 1. The van der Waals surface area contributed by atoms with Crippen molar-refractivity contribution in [2.75, 3.05) is 4.90 Å². The summed E-state index contributed by atoms with van der Waals surface area (Å²) in [5, 5.41) is 4.20. The van der Waals surface area contributed by atoms with Crippen LogP contribution in [0.4, 0.5) is 5.69 Å². The molecule has 0 amide bonds. The van der Waals surface area contributed by atoms with E-state index in [0.717, 1.165) is 28.4 Å². The molecule has 2 aromatic carbocycles. The number of benzene rings is 2. The van der Waals surface area contributed by atoms with Crippen molar-refractivity contribution in [3.05, 3.63) is 109 Å². The first-order valence-electron chi connectivity index (χ1n) is 11.1. The fraction of sp³-hybridized carbons (Fsp3) is 0.185. The third kappa shape index (κ3) is 4.34. The van der Waals surface area contributed by atoms with Crippen LogP contribution in [0.15, 0.2) is 97.5 Å². The van der Waals surface area contributed by atoms with Gasteiger partial charge in [0.25, 0.3) is 0 Å². The Morgan fingerprint density at radius 2 is 1.67 bits per heavy atom. The maximum Gasteiger partial charge on any atom is 0.174 e. The first kappa shape index (κ1) is 21.2. The van der Waals surface area contributed by atoms with Crippen LogP contribution in [0.3, 0.4) is 0 Å². The van der Waals surface area contributed by atoms with Gasteiger partial charge in [-0.3, -0.25) is 4.98 Å². The van der Waals surface area contributed by atoms with Crippen molar-refractivity contribution < 1.29 is 4.74 Å². The molecule has 1 saturated heterocycles. The van der Waals surface area contributed by atoms with Crippen molar-refractivity contribution in [2.45, 2.75) is 32.0 Å². The molecule has 1 fully saturated rings. The van der Waals surface area contributed by atoms with Crippen LogP contribution in [0, 0.1) is 0 Å². The maximum absolute atomic E-state index is 5.83. The van der Waals surface area contributed by atoms with E-state index in [0.29, 0.717) is 5.11 Å². The van der Waals surface area contributed by atoms with Crippen molar-refractivity contribution in [3.8, 4) is 11.4 Å². The van der Waals surface area contributed by atoms with Crippen LogP contribution in [0.5, 0.6) is 5.75 Å². The van der Waals surface area contributed by atoms with Crippen molar-refractivity contribution in [1.82, 2.24) is 14.9 Å². The van der Waals surface area contributed by atoms with Gasteiger partial charge < -0.3 is 19.5 Å². The fourth-order valence-corrected chi connectivity index (χ4v) is 4.62. The number of rotatable bonds is 6. The summed E-state index contributed by atoms with van der Waals surface area (Å²) in [6.07, 6.45) is 6.23. The molecule has 2 unspecified atom stereocenters. The van der Waals surface area contributed by atoms with E-state index >= 15 is 0 Å². The minimum Gasteiger partial charge on any atom is -0.491 e. The largest absolute Gasteiger partial charge is 0.491 e. The SMILES string of the molecule is CC(C)Oc1ccc(N2C(=S)NC(c3ccccn3)C2c2ccn(-c3ccccc3)c2)cc1. The zero-order valence-electron chi connectivity index (χ0n) is 18.6. The van der Waals surface area contributed by atoms with Gasteiger partial charge in [0.05, 0.1) is 23.9 Å². The monoisotopic (exact) mass is 454 g/mol. The van der Waals surface area contributed by atoms with Gasteiger partial charge >= 0.3 is 0 Å². The van der Waals surface area contributed by atoms with Crippen LogP contribution in [-0.4, -0.2) is 20.8 Å². The Morgan fingerprint density at radius 1 is 0.909 bits per heavy atom. The molecule has 4 aromatic rings. The standard InChI is InChI=1S/C27H26N4OS/c1-19(2)32-23-13-11-22(12-14-23)31-26(25(29-27(31)33)24-10-6-7-16-28-24)20-15-17-30(18-20)21-8-4-3-5-9-21/h3-19,25-26H,1-2H3,(H,29,33). The average molecular weight is 455 g/mol. The third-order valence-corrected chi connectivity index (χ3v) is 6.01. The Kier molecular flexibility index (Phi) is 5.84. The molecule has 2 aromatic heterocycles. The van der Waals surface area contributed by atoms with Crippen molar-refractivity contribution in [3.63, 3.8) is 0 Å². The molecular weight excluding hydrogens is 428 g/mol. The van der Waals surface area contributed by atoms with Crippen LogP contribution >= 0.6 is 12.2 Å². The van der Waals surface area contributed by atoms with Crippen LogP contribution < -0.4 is 15.0 Å². The molecule has 0 radical (unpaired) electrons. The fourth-order valence-electron chi connectivity index (χ4n) is 4.28. The highest BCUT2D eigenvalue weighted by atomic mass is 32.1. The number of hydrogen-bond acceptors (Lipinski definition) is 3. The minimum absolute atomic E-state index is 0.0470. The molecule has 3 heterocycles.